The van der Waals surface area contributed by atoms with Gasteiger partial charge in [0.15, 0.2) is 0 Å². The molecule has 0 spiro atoms. The third-order valence-electron chi connectivity index (χ3n) is 4.42. The van der Waals surface area contributed by atoms with E-state index in [0.29, 0.717) is 12.1 Å². The molecule has 0 aromatic heterocycles. The van der Waals surface area contributed by atoms with E-state index in [1.54, 1.807) is 0 Å². The van der Waals surface area contributed by atoms with Gasteiger partial charge in [0.25, 0.3) is 0 Å². The van der Waals surface area contributed by atoms with E-state index < -0.39 is 0 Å². The summed E-state index contributed by atoms with van der Waals surface area (Å²) in [7, 11) is 0. The molecule has 3 rings (SSSR count). The standard InChI is InChI=1S/C16H23ClN2O/c17-13-5-7-14(8-6-13)18-9-10-19-11-12-20-16-4-2-1-3-15(16)19/h5-8,15-16,18H,1-4,9-12H2. The molecule has 3 nitrogen and oxygen atoms in total. The molecule has 0 amide bonds. The summed E-state index contributed by atoms with van der Waals surface area (Å²) in [4.78, 5) is 2.61. The van der Waals surface area contributed by atoms with E-state index in [9.17, 15) is 0 Å². The monoisotopic (exact) mass is 294 g/mol. The Morgan fingerprint density at radius 2 is 2.00 bits per heavy atom. The van der Waals surface area contributed by atoms with E-state index >= 15 is 0 Å². The number of nitrogens with zero attached hydrogens (tertiary/aromatic N) is 1. The van der Waals surface area contributed by atoms with Crippen molar-refractivity contribution in [1.29, 1.82) is 0 Å². The van der Waals surface area contributed by atoms with Crippen molar-refractivity contribution in [2.45, 2.75) is 37.8 Å². The van der Waals surface area contributed by atoms with Gasteiger partial charge in [0.2, 0.25) is 0 Å². The highest BCUT2D eigenvalue weighted by Gasteiger charge is 2.33. The molecule has 1 saturated heterocycles. The number of rotatable bonds is 4. The predicted molar refractivity (Wildman–Crippen MR) is 83.5 cm³/mol. The first kappa shape index (κ1) is 14.2. The van der Waals surface area contributed by atoms with E-state index in [1.807, 2.05) is 24.3 Å². The Morgan fingerprint density at radius 1 is 1.20 bits per heavy atom. The molecule has 0 radical (unpaired) electrons. The van der Waals surface area contributed by atoms with Crippen LogP contribution < -0.4 is 5.32 Å². The molecule has 0 bridgehead atoms. The van der Waals surface area contributed by atoms with Crippen LogP contribution >= 0.6 is 11.6 Å². The first-order valence-corrected chi connectivity index (χ1v) is 8.06. The minimum absolute atomic E-state index is 0.480. The average molecular weight is 295 g/mol. The van der Waals surface area contributed by atoms with Crippen LogP contribution in [-0.4, -0.2) is 43.3 Å². The lowest BCUT2D eigenvalue weighted by Gasteiger charge is -2.43. The van der Waals surface area contributed by atoms with E-state index in [1.165, 1.54) is 25.7 Å². The molecular weight excluding hydrogens is 272 g/mol. The Kier molecular flexibility index (Phi) is 4.81. The summed E-state index contributed by atoms with van der Waals surface area (Å²) in [5, 5.41) is 4.26. The summed E-state index contributed by atoms with van der Waals surface area (Å²) in [5.41, 5.74) is 1.14. The normalized spacial score (nSPS) is 27.1. The van der Waals surface area contributed by atoms with Crippen LogP contribution in [0.25, 0.3) is 0 Å². The van der Waals surface area contributed by atoms with Crippen molar-refractivity contribution in [2.75, 3.05) is 31.6 Å². The van der Waals surface area contributed by atoms with Crippen LogP contribution in [0, 0.1) is 0 Å². The Labute approximate surface area is 126 Å². The molecule has 1 N–H and O–H groups in total. The number of halogens is 1. The van der Waals surface area contributed by atoms with Crippen LogP contribution in [0.3, 0.4) is 0 Å². The van der Waals surface area contributed by atoms with Gasteiger partial charge in [-0.25, -0.2) is 0 Å². The maximum Gasteiger partial charge on any atom is 0.0730 e. The minimum atomic E-state index is 0.480. The third-order valence-corrected chi connectivity index (χ3v) is 4.67. The van der Waals surface area contributed by atoms with Crippen LogP contribution in [0.1, 0.15) is 25.7 Å². The number of hydrogen-bond acceptors (Lipinski definition) is 3. The van der Waals surface area contributed by atoms with Crippen LogP contribution in [0.4, 0.5) is 5.69 Å². The molecule has 1 aromatic carbocycles. The first-order valence-electron chi connectivity index (χ1n) is 7.68. The summed E-state index contributed by atoms with van der Waals surface area (Å²) in [6, 6.07) is 8.56. The lowest BCUT2D eigenvalue weighted by molar-refractivity contribution is -0.0865. The SMILES string of the molecule is Clc1ccc(NCCN2CCOC3CCCCC32)cc1. The number of anilines is 1. The highest BCUT2D eigenvalue weighted by Crippen LogP contribution is 2.28. The lowest BCUT2D eigenvalue weighted by atomic mass is 9.90. The van der Waals surface area contributed by atoms with Crippen LogP contribution in [0.5, 0.6) is 0 Å². The zero-order chi connectivity index (χ0) is 13.8. The van der Waals surface area contributed by atoms with Crippen molar-refractivity contribution < 1.29 is 4.74 Å². The molecule has 20 heavy (non-hydrogen) atoms. The number of fused-ring (bicyclic) bond motifs is 1. The highest BCUT2D eigenvalue weighted by atomic mass is 35.5. The Bertz CT molecular complexity index is 421. The molecule has 2 unspecified atom stereocenters. The molecule has 1 aromatic rings. The molecule has 2 fully saturated rings. The number of ether oxygens (including phenoxy) is 1. The Balaban J connectivity index is 1.48. The maximum absolute atomic E-state index is 5.91. The summed E-state index contributed by atoms with van der Waals surface area (Å²) >= 11 is 5.89. The fourth-order valence-electron chi connectivity index (χ4n) is 3.37. The summed E-state index contributed by atoms with van der Waals surface area (Å²) in [5.74, 6) is 0. The second-order valence-electron chi connectivity index (χ2n) is 5.73. The van der Waals surface area contributed by atoms with Gasteiger partial charge in [-0.05, 0) is 37.1 Å². The van der Waals surface area contributed by atoms with E-state index in [2.05, 4.69) is 10.2 Å². The maximum atomic E-state index is 5.91. The van der Waals surface area contributed by atoms with Crippen molar-refractivity contribution in [2.24, 2.45) is 0 Å². The Morgan fingerprint density at radius 3 is 2.85 bits per heavy atom. The molecule has 1 aliphatic heterocycles. The molecular formula is C16H23ClN2O. The van der Waals surface area contributed by atoms with Gasteiger partial charge in [0, 0.05) is 36.4 Å². The lowest BCUT2D eigenvalue weighted by Crippen LogP contribution is -2.53. The van der Waals surface area contributed by atoms with Gasteiger partial charge in [-0.2, -0.15) is 0 Å². The zero-order valence-corrected chi connectivity index (χ0v) is 12.6. The fraction of sp³-hybridized carbons (Fsp3) is 0.625. The quantitative estimate of drug-likeness (QED) is 0.921. The van der Waals surface area contributed by atoms with E-state index in [-0.39, 0.29) is 0 Å². The number of benzene rings is 1. The van der Waals surface area contributed by atoms with Crippen molar-refractivity contribution in [1.82, 2.24) is 4.90 Å². The van der Waals surface area contributed by atoms with Gasteiger partial charge in [-0.3, -0.25) is 4.90 Å². The topological polar surface area (TPSA) is 24.5 Å². The molecule has 2 aliphatic rings. The van der Waals surface area contributed by atoms with Crippen LogP contribution in [-0.2, 0) is 4.74 Å². The van der Waals surface area contributed by atoms with Gasteiger partial charge in [-0.1, -0.05) is 24.4 Å². The summed E-state index contributed by atoms with van der Waals surface area (Å²) in [6.07, 6.45) is 5.70. The predicted octanol–water partition coefficient (Wildman–Crippen LogP) is 3.40. The molecule has 1 saturated carbocycles. The smallest absolute Gasteiger partial charge is 0.0730 e. The first-order chi connectivity index (χ1) is 9.83. The largest absolute Gasteiger partial charge is 0.384 e. The minimum Gasteiger partial charge on any atom is -0.384 e. The molecule has 4 heteroatoms. The van der Waals surface area contributed by atoms with Gasteiger partial charge in [-0.15, -0.1) is 0 Å². The molecule has 2 atom stereocenters. The van der Waals surface area contributed by atoms with Crippen molar-refractivity contribution >= 4 is 17.3 Å². The summed E-state index contributed by atoms with van der Waals surface area (Å²) in [6.45, 7) is 4.03. The molecule has 1 heterocycles. The van der Waals surface area contributed by atoms with Crippen molar-refractivity contribution in [3.63, 3.8) is 0 Å². The second kappa shape index (κ2) is 6.79. The number of nitrogens with one attached hydrogen (secondary N) is 1. The van der Waals surface area contributed by atoms with Crippen LogP contribution in [0.2, 0.25) is 5.02 Å². The van der Waals surface area contributed by atoms with Crippen molar-refractivity contribution in [3.8, 4) is 0 Å². The third kappa shape index (κ3) is 3.46. The second-order valence-corrected chi connectivity index (χ2v) is 6.17. The number of morpholine rings is 1. The average Bonchev–Trinajstić information content (AvgIpc) is 2.49. The van der Waals surface area contributed by atoms with E-state index in [4.69, 9.17) is 16.3 Å². The highest BCUT2D eigenvalue weighted by molar-refractivity contribution is 6.30. The van der Waals surface area contributed by atoms with E-state index in [0.717, 1.165) is 37.0 Å². The van der Waals surface area contributed by atoms with Gasteiger partial charge < -0.3 is 10.1 Å². The molecule has 110 valence electrons. The van der Waals surface area contributed by atoms with Gasteiger partial charge >= 0.3 is 0 Å². The Hall–Kier alpha value is -0.770. The fourth-order valence-corrected chi connectivity index (χ4v) is 3.49. The number of hydrogen-bond donors (Lipinski definition) is 1. The van der Waals surface area contributed by atoms with Crippen LogP contribution in [0.15, 0.2) is 24.3 Å². The van der Waals surface area contributed by atoms with Gasteiger partial charge in [0.05, 0.1) is 12.7 Å². The zero-order valence-electron chi connectivity index (χ0n) is 11.9. The van der Waals surface area contributed by atoms with Gasteiger partial charge in [0.1, 0.15) is 0 Å². The van der Waals surface area contributed by atoms with Crippen molar-refractivity contribution in [3.05, 3.63) is 29.3 Å². The molecule has 1 aliphatic carbocycles. The summed E-state index contributed by atoms with van der Waals surface area (Å²) < 4.78 is 5.91.